The summed E-state index contributed by atoms with van der Waals surface area (Å²) in [6.07, 6.45) is 5.06. The average molecular weight is 325 g/mol. The third-order valence-corrected chi connectivity index (χ3v) is 4.89. The van der Waals surface area contributed by atoms with Gasteiger partial charge in [0.2, 0.25) is 0 Å². The van der Waals surface area contributed by atoms with Gasteiger partial charge in [-0.1, -0.05) is 5.92 Å². The van der Waals surface area contributed by atoms with E-state index in [1.54, 1.807) is 0 Å². The standard InChI is InChI=1S/C11H25ClO3Si3/c1-9-11(2,15-16-12)10(13-17(3,4)5)14-18(6,7)8/h1,10H,16H2,2-8H3. The summed E-state index contributed by atoms with van der Waals surface area (Å²) in [6, 6.07) is 0. The van der Waals surface area contributed by atoms with Gasteiger partial charge in [-0.05, 0) is 46.2 Å². The SMILES string of the molecule is C#CC(C)(O[SiH2]Cl)C(O[Si](C)(C)C)O[Si](C)(C)C. The second kappa shape index (κ2) is 6.70. The van der Waals surface area contributed by atoms with Gasteiger partial charge in [0.15, 0.2) is 28.5 Å². The van der Waals surface area contributed by atoms with Crippen LogP contribution in [-0.4, -0.2) is 37.6 Å². The molecule has 0 radical (unpaired) electrons. The highest BCUT2D eigenvalue weighted by Gasteiger charge is 2.40. The van der Waals surface area contributed by atoms with Crippen LogP contribution in [0.2, 0.25) is 39.3 Å². The van der Waals surface area contributed by atoms with Crippen molar-refractivity contribution in [2.75, 3.05) is 0 Å². The van der Waals surface area contributed by atoms with Crippen LogP contribution in [0.3, 0.4) is 0 Å². The van der Waals surface area contributed by atoms with Gasteiger partial charge in [-0.3, -0.25) is 0 Å². The largest absolute Gasteiger partial charge is 0.391 e. The molecule has 0 saturated carbocycles. The van der Waals surface area contributed by atoms with E-state index < -0.39 is 37.6 Å². The van der Waals surface area contributed by atoms with E-state index >= 15 is 0 Å². The highest BCUT2D eigenvalue weighted by atomic mass is 35.6. The van der Waals surface area contributed by atoms with E-state index in [9.17, 15) is 0 Å². The van der Waals surface area contributed by atoms with Crippen LogP contribution >= 0.6 is 11.1 Å². The molecule has 0 amide bonds. The molecular weight excluding hydrogens is 300 g/mol. The second-order valence-electron chi connectivity index (χ2n) is 6.30. The predicted molar refractivity (Wildman–Crippen MR) is 85.4 cm³/mol. The lowest BCUT2D eigenvalue weighted by Gasteiger charge is -2.39. The summed E-state index contributed by atoms with van der Waals surface area (Å²) in [4.78, 5) is 0. The van der Waals surface area contributed by atoms with Crippen molar-refractivity contribution in [1.82, 2.24) is 0 Å². The van der Waals surface area contributed by atoms with Crippen molar-refractivity contribution >= 4 is 36.8 Å². The van der Waals surface area contributed by atoms with Crippen molar-refractivity contribution in [2.24, 2.45) is 0 Å². The molecule has 1 unspecified atom stereocenters. The van der Waals surface area contributed by atoms with Gasteiger partial charge < -0.3 is 13.3 Å². The van der Waals surface area contributed by atoms with E-state index in [0.717, 1.165) is 0 Å². The van der Waals surface area contributed by atoms with Crippen molar-refractivity contribution in [3.8, 4) is 12.3 Å². The Kier molecular flexibility index (Phi) is 6.84. The maximum atomic E-state index is 6.07. The lowest BCUT2D eigenvalue weighted by molar-refractivity contribution is -0.110. The van der Waals surface area contributed by atoms with Crippen LogP contribution in [0.4, 0.5) is 0 Å². The Bertz CT molecular complexity index is 290. The van der Waals surface area contributed by atoms with Crippen molar-refractivity contribution in [3.63, 3.8) is 0 Å². The summed E-state index contributed by atoms with van der Waals surface area (Å²) in [6.45, 7) is 14.4. The van der Waals surface area contributed by atoms with Gasteiger partial charge in [-0.15, -0.1) is 17.5 Å². The van der Waals surface area contributed by atoms with Crippen LogP contribution in [0, 0.1) is 12.3 Å². The molecule has 0 aromatic carbocycles. The van der Waals surface area contributed by atoms with Crippen LogP contribution in [0.5, 0.6) is 0 Å². The molecule has 0 bridgehead atoms. The Morgan fingerprint density at radius 1 is 1.11 bits per heavy atom. The van der Waals surface area contributed by atoms with Crippen LogP contribution in [0.25, 0.3) is 0 Å². The van der Waals surface area contributed by atoms with E-state index in [-0.39, 0.29) is 0 Å². The third kappa shape index (κ3) is 7.09. The number of terminal acetylenes is 1. The first kappa shape index (κ1) is 18.4. The molecule has 0 aliphatic heterocycles. The first-order valence-electron chi connectivity index (χ1n) is 5.97. The molecule has 0 fully saturated rings. The average Bonchev–Trinajstić information content (AvgIpc) is 2.12. The highest BCUT2D eigenvalue weighted by molar-refractivity contribution is 6.90. The van der Waals surface area contributed by atoms with Crippen molar-refractivity contribution in [1.29, 1.82) is 0 Å². The second-order valence-corrected chi connectivity index (χ2v) is 16.4. The Morgan fingerprint density at radius 2 is 1.50 bits per heavy atom. The van der Waals surface area contributed by atoms with Crippen molar-refractivity contribution in [3.05, 3.63) is 0 Å². The topological polar surface area (TPSA) is 27.7 Å². The molecule has 0 aliphatic carbocycles. The van der Waals surface area contributed by atoms with Gasteiger partial charge in [-0.25, -0.2) is 0 Å². The van der Waals surface area contributed by atoms with Gasteiger partial charge in [0.25, 0.3) is 9.07 Å². The fourth-order valence-electron chi connectivity index (χ4n) is 1.18. The van der Waals surface area contributed by atoms with Crippen molar-refractivity contribution in [2.45, 2.75) is 58.1 Å². The minimum absolute atomic E-state index is 0.535. The smallest absolute Gasteiger partial charge is 0.260 e. The zero-order valence-electron chi connectivity index (χ0n) is 12.5. The van der Waals surface area contributed by atoms with Crippen LogP contribution in [0.15, 0.2) is 0 Å². The number of hydrogen-bond donors (Lipinski definition) is 0. The number of rotatable bonds is 7. The summed E-state index contributed by atoms with van der Waals surface area (Å²) in [5, 5.41) is 0. The molecule has 0 aromatic heterocycles. The zero-order chi connectivity index (χ0) is 14.6. The lowest BCUT2D eigenvalue weighted by atomic mass is 10.1. The summed E-state index contributed by atoms with van der Waals surface area (Å²) in [5.41, 5.74) is -0.894. The number of hydrogen-bond acceptors (Lipinski definition) is 3. The molecule has 0 saturated heterocycles. The summed E-state index contributed by atoms with van der Waals surface area (Å²) >= 11 is 5.78. The Hall–Kier alpha value is 0.381. The first-order chi connectivity index (χ1) is 7.93. The third-order valence-electron chi connectivity index (χ3n) is 2.01. The molecule has 0 aromatic rings. The molecular formula is C11H25ClO3Si3. The van der Waals surface area contributed by atoms with Gasteiger partial charge >= 0.3 is 0 Å². The fraction of sp³-hybridized carbons (Fsp3) is 0.818. The molecule has 0 heterocycles. The highest BCUT2D eigenvalue weighted by Crippen LogP contribution is 2.25. The van der Waals surface area contributed by atoms with Gasteiger partial charge in [0, 0.05) is 0 Å². The molecule has 0 rings (SSSR count). The normalized spacial score (nSPS) is 17.1. The molecule has 7 heteroatoms. The van der Waals surface area contributed by atoms with Gasteiger partial charge in [-0.2, -0.15) is 0 Å². The Morgan fingerprint density at radius 3 is 1.72 bits per heavy atom. The quantitative estimate of drug-likeness (QED) is 0.312. The van der Waals surface area contributed by atoms with Crippen LogP contribution in [-0.2, 0) is 13.3 Å². The monoisotopic (exact) mass is 324 g/mol. The maximum Gasteiger partial charge on any atom is 0.260 e. The van der Waals surface area contributed by atoms with E-state index in [1.165, 1.54) is 0 Å². The fourth-order valence-corrected chi connectivity index (χ4v) is 4.23. The van der Waals surface area contributed by atoms with Crippen LogP contribution in [0.1, 0.15) is 6.92 Å². The molecule has 1 atom stereocenters. The van der Waals surface area contributed by atoms with Gasteiger partial charge in [0.05, 0.1) is 0 Å². The van der Waals surface area contributed by atoms with Crippen molar-refractivity contribution < 1.29 is 13.3 Å². The zero-order valence-corrected chi connectivity index (χ0v) is 16.6. The Balaban J connectivity index is 5.13. The molecule has 3 nitrogen and oxygen atoms in total. The Labute approximate surface area is 120 Å². The van der Waals surface area contributed by atoms with E-state index in [0.29, 0.717) is 0 Å². The predicted octanol–water partition coefficient (Wildman–Crippen LogP) is 2.66. The molecule has 0 spiro atoms. The lowest BCUT2D eigenvalue weighted by Crippen LogP contribution is -2.52. The van der Waals surface area contributed by atoms with E-state index in [1.807, 2.05) is 6.92 Å². The number of halogens is 1. The molecule has 0 aliphatic rings. The summed E-state index contributed by atoms with van der Waals surface area (Å²) in [7, 11) is -4.71. The maximum absolute atomic E-state index is 6.07. The molecule has 106 valence electrons. The van der Waals surface area contributed by atoms with E-state index in [2.05, 4.69) is 45.2 Å². The first-order valence-corrected chi connectivity index (χ1v) is 15.5. The summed E-state index contributed by atoms with van der Waals surface area (Å²) < 4.78 is 17.7. The molecule has 0 N–H and O–H groups in total. The minimum Gasteiger partial charge on any atom is -0.391 e. The minimum atomic E-state index is -1.78. The van der Waals surface area contributed by atoms with E-state index in [4.69, 9.17) is 30.8 Å². The molecule has 18 heavy (non-hydrogen) atoms. The summed E-state index contributed by atoms with van der Waals surface area (Å²) in [5.74, 6) is 2.65. The van der Waals surface area contributed by atoms with Crippen LogP contribution < -0.4 is 0 Å². The van der Waals surface area contributed by atoms with Gasteiger partial charge in [0.1, 0.15) is 0 Å².